The van der Waals surface area contributed by atoms with Gasteiger partial charge in [-0.2, -0.15) is 5.10 Å². The van der Waals surface area contributed by atoms with Crippen LogP contribution in [0.15, 0.2) is 54.7 Å². The molecule has 0 aliphatic heterocycles. The number of pyridine rings is 1. The van der Waals surface area contributed by atoms with Crippen molar-refractivity contribution in [1.82, 2.24) is 14.8 Å². The summed E-state index contributed by atoms with van der Waals surface area (Å²) < 4.78 is 7.32. The van der Waals surface area contributed by atoms with Gasteiger partial charge in [0.05, 0.1) is 39.6 Å². The molecule has 30 heavy (non-hydrogen) atoms. The monoisotopic (exact) mass is 420 g/mol. The molecule has 0 fully saturated rings. The number of aromatic nitrogens is 3. The highest BCUT2D eigenvalue weighted by atomic mass is 35.5. The average molecular weight is 421 g/mol. The van der Waals surface area contributed by atoms with E-state index in [0.717, 1.165) is 11.3 Å². The molecule has 2 aromatic heterocycles. The lowest BCUT2D eigenvalue weighted by molar-refractivity contribution is 0.102. The Morgan fingerprint density at radius 3 is 2.60 bits per heavy atom. The molecule has 6 nitrogen and oxygen atoms in total. The molecular weight excluding hydrogens is 400 g/mol. The summed E-state index contributed by atoms with van der Waals surface area (Å²) in [6, 6.07) is 15.2. The molecule has 0 saturated carbocycles. The van der Waals surface area contributed by atoms with E-state index < -0.39 is 0 Å². The van der Waals surface area contributed by atoms with E-state index >= 15 is 0 Å². The summed E-state index contributed by atoms with van der Waals surface area (Å²) in [6.45, 7) is 6.27. The maximum Gasteiger partial charge on any atom is 0.258 e. The summed E-state index contributed by atoms with van der Waals surface area (Å²) in [5.41, 5.74) is 4.20. The van der Waals surface area contributed by atoms with Gasteiger partial charge in [0.15, 0.2) is 5.65 Å². The second kappa shape index (κ2) is 8.16. The molecule has 2 heterocycles. The smallest absolute Gasteiger partial charge is 0.258 e. The summed E-state index contributed by atoms with van der Waals surface area (Å²) in [7, 11) is 0. The maximum atomic E-state index is 12.9. The summed E-state index contributed by atoms with van der Waals surface area (Å²) in [5, 5.41) is 8.43. The number of carbonyl (C=O) groups is 1. The van der Waals surface area contributed by atoms with Gasteiger partial charge in [-0.3, -0.25) is 4.79 Å². The second-order valence-electron chi connectivity index (χ2n) is 6.90. The lowest BCUT2D eigenvalue weighted by Gasteiger charge is -2.12. The van der Waals surface area contributed by atoms with Gasteiger partial charge in [0.2, 0.25) is 0 Å². The fourth-order valence-electron chi connectivity index (χ4n) is 3.27. The Morgan fingerprint density at radius 2 is 1.87 bits per heavy atom. The van der Waals surface area contributed by atoms with Crippen molar-refractivity contribution < 1.29 is 9.53 Å². The Morgan fingerprint density at radius 1 is 1.13 bits per heavy atom. The molecule has 1 N–H and O–H groups in total. The van der Waals surface area contributed by atoms with E-state index in [9.17, 15) is 4.79 Å². The molecule has 0 aliphatic rings. The van der Waals surface area contributed by atoms with Crippen LogP contribution < -0.4 is 10.1 Å². The first kappa shape index (κ1) is 19.9. The van der Waals surface area contributed by atoms with Crippen molar-refractivity contribution in [3.63, 3.8) is 0 Å². The topological polar surface area (TPSA) is 69.0 Å². The van der Waals surface area contributed by atoms with Crippen molar-refractivity contribution >= 4 is 34.2 Å². The number of anilines is 1. The molecule has 4 aromatic rings. The van der Waals surface area contributed by atoms with E-state index in [1.54, 1.807) is 16.8 Å². The number of carbonyl (C=O) groups excluding carboxylic acids is 1. The average Bonchev–Trinajstić information content (AvgIpc) is 3.07. The number of hydrogen-bond donors (Lipinski definition) is 1. The third-order valence-corrected chi connectivity index (χ3v) is 5.16. The van der Waals surface area contributed by atoms with Crippen molar-refractivity contribution in [2.24, 2.45) is 0 Å². The Kier molecular flexibility index (Phi) is 5.42. The molecular formula is C23H21ClN4O2. The lowest BCUT2D eigenvalue weighted by Crippen LogP contribution is -2.14. The minimum atomic E-state index is -0.357. The van der Waals surface area contributed by atoms with Gasteiger partial charge in [-0.1, -0.05) is 41.4 Å². The van der Waals surface area contributed by atoms with Gasteiger partial charge in [-0.25, -0.2) is 9.67 Å². The summed E-state index contributed by atoms with van der Waals surface area (Å²) in [4.78, 5) is 17.4. The zero-order valence-electron chi connectivity index (χ0n) is 16.9. The number of para-hydroxylation sites is 2. The van der Waals surface area contributed by atoms with E-state index in [-0.39, 0.29) is 11.5 Å². The van der Waals surface area contributed by atoms with E-state index in [2.05, 4.69) is 15.4 Å². The number of nitrogens with one attached hydrogen (secondary N) is 1. The maximum absolute atomic E-state index is 12.9. The van der Waals surface area contributed by atoms with Crippen LogP contribution in [0.5, 0.6) is 5.75 Å². The van der Waals surface area contributed by atoms with Gasteiger partial charge in [0.25, 0.3) is 5.91 Å². The highest BCUT2D eigenvalue weighted by Gasteiger charge is 2.20. The first-order chi connectivity index (χ1) is 14.5. The Labute approximate surface area is 179 Å². The number of rotatable bonds is 5. The lowest BCUT2D eigenvalue weighted by atomic mass is 10.2. The molecule has 0 bridgehead atoms. The minimum Gasteiger partial charge on any atom is -0.492 e. The SMILES string of the molecule is CCOc1ccccc1NC(=O)c1cnc2c(c(C)nn2-c2ccc(C)cc2)c1Cl. The van der Waals surface area contributed by atoms with E-state index in [0.29, 0.717) is 39.8 Å². The highest BCUT2D eigenvalue weighted by Crippen LogP contribution is 2.31. The molecule has 2 aromatic carbocycles. The minimum absolute atomic E-state index is 0.280. The summed E-state index contributed by atoms with van der Waals surface area (Å²) >= 11 is 6.65. The highest BCUT2D eigenvalue weighted by molar-refractivity contribution is 6.39. The zero-order chi connectivity index (χ0) is 21.3. The van der Waals surface area contributed by atoms with Crippen LogP contribution in [0.3, 0.4) is 0 Å². The van der Waals surface area contributed by atoms with Crippen LogP contribution in [-0.2, 0) is 0 Å². The number of halogens is 1. The number of aryl methyl sites for hydroxylation is 2. The van der Waals surface area contributed by atoms with Crippen molar-refractivity contribution in [3.05, 3.63) is 76.6 Å². The molecule has 0 unspecified atom stereocenters. The van der Waals surface area contributed by atoms with Gasteiger partial charge in [-0.15, -0.1) is 0 Å². The van der Waals surface area contributed by atoms with Crippen LogP contribution >= 0.6 is 11.6 Å². The van der Waals surface area contributed by atoms with Crippen LogP contribution in [-0.4, -0.2) is 27.3 Å². The van der Waals surface area contributed by atoms with Crippen LogP contribution in [0.25, 0.3) is 16.7 Å². The largest absolute Gasteiger partial charge is 0.492 e. The van der Waals surface area contributed by atoms with Gasteiger partial charge < -0.3 is 10.1 Å². The molecule has 0 aliphatic carbocycles. The number of benzene rings is 2. The molecule has 7 heteroatoms. The fourth-order valence-corrected chi connectivity index (χ4v) is 3.63. The third-order valence-electron chi connectivity index (χ3n) is 4.77. The van der Waals surface area contributed by atoms with E-state index in [4.69, 9.17) is 16.3 Å². The molecule has 0 spiro atoms. The van der Waals surface area contributed by atoms with Crippen molar-refractivity contribution in [3.8, 4) is 11.4 Å². The molecule has 152 valence electrons. The van der Waals surface area contributed by atoms with Gasteiger partial charge in [0.1, 0.15) is 5.75 Å². The normalized spacial score (nSPS) is 10.9. The molecule has 1 amide bonds. The van der Waals surface area contributed by atoms with Crippen LogP contribution in [0.1, 0.15) is 28.5 Å². The molecule has 0 radical (unpaired) electrons. The predicted molar refractivity (Wildman–Crippen MR) is 119 cm³/mol. The molecule has 4 rings (SSSR count). The first-order valence-corrected chi connectivity index (χ1v) is 10.0. The van der Waals surface area contributed by atoms with Gasteiger partial charge in [-0.05, 0) is 45.0 Å². The number of hydrogen-bond acceptors (Lipinski definition) is 4. The van der Waals surface area contributed by atoms with Crippen molar-refractivity contribution in [2.45, 2.75) is 20.8 Å². The van der Waals surface area contributed by atoms with Crippen LogP contribution in [0, 0.1) is 13.8 Å². The van der Waals surface area contributed by atoms with Crippen LogP contribution in [0.2, 0.25) is 5.02 Å². The predicted octanol–water partition coefficient (Wildman–Crippen LogP) is 5.34. The fraction of sp³-hybridized carbons (Fsp3) is 0.174. The number of amides is 1. The van der Waals surface area contributed by atoms with Gasteiger partial charge >= 0.3 is 0 Å². The molecule has 0 atom stereocenters. The van der Waals surface area contributed by atoms with Crippen molar-refractivity contribution in [1.29, 1.82) is 0 Å². The zero-order valence-corrected chi connectivity index (χ0v) is 17.7. The number of ether oxygens (including phenoxy) is 1. The second-order valence-corrected chi connectivity index (χ2v) is 7.28. The van der Waals surface area contributed by atoms with Gasteiger partial charge in [0, 0.05) is 6.20 Å². The number of fused-ring (bicyclic) bond motifs is 1. The Balaban J connectivity index is 1.73. The van der Waals surface area contributed by atoms with Crippen LogP contribution in [0.4, 0.5) is 5.69 Å². The summed E-state index contributed by atoms with van der Waals surface area (Å²) in [5.74, 6) is 0.242. The number of nitrogens with zero attached hydrogens (tertiary/aromatic N) is 3. The van der Waals surface area contributed by atoms with E-state index in [1.165, 1.54) is 6.20 Å². The first-order valence-electron chi connectivity index (χ1n) is 9.63. The van der Waals surface area contributed by atoms with E-state index in [1.807, 2.05) is 57.2 Å². The molecule has 0 saturated heterocycles. The third kappa shape index (κ3) is 3.62. The quantitative estimate of drug-likeness (QED) is 0.473. The summed E-state index contributed by atoms with van der Waals surface area (Å²) in [6.07, 6.45) is 1.48. The Bertz CT molecular complexity index is 1230. The van der Waals surface area contributed by atoms with Crippen molar-refractivity contribution in [2.75, 3.05) is 11.9 Å². The Hall–Kier alpha value is -3.38. The standard InChI is InChI=1S/C23H21ClN4O2/c1-4-30-19-8-6-5-7-18(19)26-23(29)17-13-25-22-20(21(17)24)15(3)27-28(22)16-11-9-14(2)10-12-16/h5-13H,4H2,1-3H3,(H,26,29).